The van der Waals surface area contributed by atoms with Crippen LogP contribution in [0, 0.1) is 0 Å². The van der Waals surface area contributed by atoms with Crippen molar-refractivity contribution in [3.8, 4) is 169 Å². The van der Waals surface area contributed by atoms with Gasteiger partial charge in [0.25, 0.3) is 0 Å². The van der Waals surface area contributed by atoms with Crippen molar-refractivity contribution in [2.24, 2.45) is 0 Å². The largest absolute Gasteiger partial charge is 0.455 e. The minimum Gasteiger partial charge on any atom is -0.455 e. The molecule has 0 atom stereocenters. The number of benzene rings is 20. The Morgan fingerprint density at radius 3 is 0.684 bits per heavy atom. The second kappa shape index (κ2) is 34.2. The second-order valence-electron chi connectivity index (χ2n) is 34.4. The molecule has 0 N–H and O–H groups in total. The van der Waals surface area contributed by atoms with Gasteiger partial charge in [-0.25, -0.2) is 29.9 Å². The Kier molecular flexibility index (Phi) is 20.0. The molecular weight excluding hydrogens is 1660 g/mol. The summed E-state index contributed by atoms with van der Waals surface area (Å²) in [6, 6.07) is 170. The van der Waals surface area contributed by atoms with E-state index in [1.54, 1.807) is 0 Å². The molecule has 636 valence electrons. The monoisotopic (exact) mass is 1740 g/mol. The van der Waals surface area contributed by atoms with Gasteiger partial charge in [-0.2, -0.15) is 0 Å². The van der Waals surface area contributed by atoms with Crippen molar-refractivity contribution in [1.29, 1.82) is 0 Å². The van der Waals surface area contributed by atoms with Gasteiger partial charge in [0.15, 0.2) is 34.9 Å². The van der Waals surface area contributed by atoms with Gasteiger partial charge in [0.05, 0.1) is 32.8 Å². The Bertz CT molecular complexity index is 8830. The van der Waals surface area contributed by atoms with E-state index in [0.29, 0.717) is 34.9 Å². The smallest absolute Gasteiger partial charge is 0.164 e. The fourth-order valence-corrected chi connectivity index (χ4v) is 19.4. The van der Waals surface area contributed by atoms with Crippen molar-refractivity contribution in [2.45, 2.75) is 0 Å². The zero-order valence-electron chi connectivity index (χ0n) is 73.6. The van der Waals surface area contributed by atoms with Crippen LogP contribution in [0.25, 0.3) is 256 Å². The van der Waals surface area contributed by atoms with Crippen LogP contribution in [-0.4, -0.2) is 39.0 Å². The molecule has 0 fully saturated rings. The molecule has 0 amide bonds. The Labute approximate surface area is 784 Å². The van der Waals surface area contributed by atoms with Gasteiger partial charge in [-0.05, 0) is 186 Å². The van der Waals surface area contributed by atoms with Crippen LogP contribution in [-0.2, 0) is 0 Å². The molecule has 20 aromatic carbocycles. The molecule has 0 bridgehead atoms. The molecule has 0 saturated heterocycles. The lowest BCUT2D eigenvalue weighted by molar-refractivity contribution is 0.672. The van der Waals surface area contributed by atoms with Gasteiger partial charge in [-0.15, -0.1) is 0 Å². The molecule has 0 aliphatic rings. The van der Waals surface area contributed by atoms with E-state index < -0.39 is 0 Å². The summed E-state index contributed by atoms with van der Waals surface area (Å²) >= 11 is 0. The lowest BCUT2D eigenvalue weighted by atomic mass is 10.00. The molecule has 0 aliphatic carbocycles. The summed E-state index contributed by atoms with van der Waals surface area (Å²) in [6.07, 6.45) is 0. The third-order valence-electron chi connectivity index (χ3n) is 26.2. The number of fused-ring (bicyclic) bond motifs is 14. The lowest BCUT2D eigenvalue weighted by Gasteiger charge is -2.11. The van der Waals surface area contributed by atoms with Crippen LogP contribution in [0.5, 0.6) is 0 Å². The quantitative estimate of drug-likeness (QED) is 0.0940. The number of nitrogens with zero attached hydrogens (tertiary/aromatic N) is 8. The summed E-state index contributed by atoms with van der Waals surface area (Å²) in [7, 11) is 0. The van der Waals surface area contributed by atoms with Gasteiger partial charge in [0, 0.05) is 77.1 Å². The zero-order valence-corrected chi connectivity index (χ0v) is 73.6. The van der Waals surface area contributed by atoms with E-state index in [4.69, 9.17) is 38.7 Å². The maximum atomic E-state index is 7.00. The van der Waals surface area contributed by atoms with Gasteiger partial charge in [0.2, 0.25) is 0 Å². The highest BCUT2D eigenvalue weighted by Gasteiger charge is 2.25. The first kappa shape index (κ1) is 79.8. The zero-order chi connectivity index (χ0) is 89.9. The minimum atomic E-state index is 0.568. The summed E-state index contributed by atoms with van der Waals surface area (Å²) in [5.41, 5.74) is 33.6. The Morgan fingerprint density at radius 1 is 0.140 bits per heavy atom. The van der Waals surface area contributed by atoms with Crippen molar-refractivity contribution in [3.63, 3.8) is 0 Å². The predicted octanol–water partition coefficient (Wildman–Crippen LogP) is 33.1. The fraction of sp³-hybridized carbons (Fsp3) is 0. The average Bonchev–Trinajstić information content (AvgIpc) is 1.56. The highest BCUT2D eigenvalue weighted by atomic mass is 16.3. The topological polar surface area (TPSA) is 113 Å². The molecule has 0 radical (unpaired) electrons. The molecule has 26 rings (SSSR count). The molecule has 6 aromatic heterocycles. The number of para-hydroxylation sites is 2. The summed E-state index contributed by atoms with van der Waals surface area (Å²) in [6.45, 7) is 0. The fourth-order valence-electron chi connectivity index (χ4n) is 19.4. The summed E-state index contributed by atoms with van der Waals surface area (Å²) < 4.78 is 18.7. The number of aromatic nitrogens is 8. The van der Waals surface area contributed by atoms with Gasteiger partial charge in [-0.3, -0.25) is 0 Å². The van der Waals surface area contributed by atoms with Crippen LogP contribution in [0.2, 0.25) is 0 Å². The van der Waals surface area contributed by atoms with Crippen LogP contribution in [0.1, 0.15) is 0 Å². The molecule has 10 nitrogen and oxygen atoms in total. The highest BCUT2D eigenvalue weighted by molar-refractivity contribution is 6.25. The van der Waals surface area contributed by atoms with Crippen molar-refractivity contribution in [3.05, 3.63) is 485 Å². The van der Waals surface area contributed by atoms with Crippen molar-refractivity contribution < 1.29 is 8.83 Å². The Morgan fingerprint density at radius 2 is 0.360 bits per heavy atom. The standard InChI is InChI=1S/2C63H40N4O/c1-4-15-41(16-5-1)44-29-31-45(32-30-44)48-23-14-26-52(39-48)67-56-28-11-10-27-55(56)59-57(67)36-35-54-53-34-33-51(40-58(53)68-60(54)59)63-65-61(49-24-12-21-46(37-49)42-17-6-2-7-18-42)64-62(66-63)50-25-13-22-47(38-50)43-19-8-3-9-20-43;1-4-13-41(14-5-1)44-23-25-47(26-24-44)50-19-12-20-52(39-50)67-56-22-11-10-21-55(56)59-57(67)38-37-54-53-36-35-51(40-58(53)68-60(54)59)63-65-61(48-31-27-45(28-32-48)42-15-6-2-7-16-42)64-62(66-63)49-33-29-46(30-34-49)43-17-8-3-9-18-43/h2*1-40H. The van der Waals surface area contributed by atoms with Crippen molar-refractivity contribution in [2.75, 3.05) is 0 Å². The summed E-state index contributed by atoms with van der Waals surface area (Å²) in [4.78, 5) is 30.9. The van der Waals surface area contributed by atoms with Crippen LogP contribution < -0.4 is 0 Å². The first-order chi connectivity index (χ1) is 67.4. The second-order valence-corrected chi connectivity index (χ2v) is 34.4. The molecule has 0 unspecified atom stereocenters. The maximum Gasteiger partial charge on any atom is 0.164 e. The number of rotatable bonds is 16. The highest BCUT2D eigenvalue weighted by Crippen LogP contribution is 2.46. The molecule has 136 heavy (non-hydrogen) atoms. The first-order valence-electron chi connectivity index (χ1n) is 45.8. The summed E-state index contributed by atoms with van der Waals surface area (Å²) in [5, 5.41) is 8.60. The van der Waals surface area contributed by atoms with E-state index in [0.717, 1.165) is 188 Å². The van der Waals surface area contributed by atoms with Gasteiger partial charge in [-0.1, -0.05) is 388 Å². The van der Waals surface area contributed by atoms with E-state index in [1.807, 2.05) is 24.3 Å². The van der Waals surface area contributed by atoms with Gasteiger partial charge < -0.3 is 18.0 Å². The number of hydrogen-bond acceptors (Lipinski definition) is 8. The third-order valence-corrected chi connectivity index (χ3v) is 26.2. The van der Waals surface area contributed by atoms with E-state index in [9.17, 15) is 0 Å². The van der Waals surface area contributed by atoms with Crippen LogP contribution in [0.4, 0.5) is 0 Å². The number of furan rings is 2. The Balaban J connectivity index is 0.000000145. The van der Waals surface area contributed by atoms with Crippen LogP contribution in [0.15, 0.2) is 494 Å². The van der Waals surface area contributed by atoms with E-state index in [1.165, 1.54) is 33.4 Å². The van der Waals surface area contributed by atoms with Crippen molar-refractivity contribution in [1.82, 2.24) is 39.0 Å². The molecule has 0 saturated carbocycles. The van der Waals surface area contributed by atoms with Crippen molar-refractivity contribution >= 4 is 87.5 Å². The van der Waals surface area contributed by atoms with E-state index >= 15 is 0 Å². The minimum absolute atomic E-state index is 0.568. The molecule has 10 heteroatoms. The molecule has 6 heterocycles. The third kappa shape index (κ3) is 14.9. The average molecular weight is 1740 g/mol. The predicted molar refractivity (Wildman–Crippen MR) is 559 cm³/mol. The number of hydrogen-bond donors (Lipinski definition) is 0. The lowest BCUT2D eigenvalue weighted by Crippen LogP contribution is -2.00. The molecule has 0 spiro atoms. The molecule has 0 aliphatic heterocycles. The Hall–Kier alpha value is -18.4. The van der Waals surface area contributed by atoms with E-state index in [-0.39, 0.29) is 0 Å². The van der Waals surface area contributed by atoms with E-state index in [2.05, 4.69) is 470 Å². The van der Waals surface area contributed by atoms with Crippen LogP contribution in [0.3, 0.4) is 0 Å². The molecule has 26 aromatic rings. The SMILES string of the molecule is c1ccc(-c2ccc(-c3cccc(-n4c5ccccc5c5c6oc7cc(-c8nc(-c9ccc(-c%10ccccc%10)cc9)nc(-c9ccc(-c%10ccccc%10)cc9)n8)ccc7c6ccc54)c3)cc2)cc1.c1ccc(-c2ccc(-c3cccc(-n4c5ccccc5c5c6oc7cc(-c8nc(-c9cccc(-c%10ccccc%10)c9)nc(-c9cccc(-c%10ccccc%10)c9)n8)ccc7c6ccc54)c3)cc2)cc1. The summed E-state index contributed by atoms with van der Waals surface area (Å²) in [5.74, 6) is 3.54. The van der Waals surface area contributed by atoms with Gasteiger partial charge in [0.1, 0.15) is 22.3 Å². The normalized spacial score (nSPS) is 11.5. The first-order valence-corrected chi connectivity index (χ1v) is 45.8. The molecular formula is C126H80N8O2. The van der Waals surface area contributed by atoms with Crippen LogP contribution >= 0.6 is 0 Å². The maximum absolute atomic E-state index is 7.00. The van der Waals surface area contributed by atoms with Gasteiger partial charge >= 0.3 is 0 Å².